The molecule has 1 aromatic rings. The average Bonchev–Trinajstić information content (AvgIpc) is 2.76. The molecule has 1 aliphatic heterocycles. The van der Waals surface area contributed by atoms with E-state index >= 15 is 0 Å². The Bertz CT molecular complexity index is 456. The Labute approximate surface area is 100 Å². The molecule has 3 nitrogen and oxygen atoms in total. The van der Waals surface area contributed by atoms with Crippen molar-refractivity contribution in [2.75, 3.05) is 13.1 Å². The van der Waals surface area contributed by atoms with Crippen LogP contribution >= 0.6 is 12.4 Å². The molecule has 2 N–H and O–H groups in total. The minimum absolute atomic E-state index is 0. The molecular weight excluding hydrogens is 262 g/mol. The van der Waals surface area contributed by atoms with Gasteiger partial charge in [-0.05, 0) is 0 Å². The molecule has 0 unspecified atom stereocenters. The average molecular weight is 270 g/mol. The lowest BCUT2D eigenvalue weighted by Crippen LogP contribution is -2.23. The summed E-state index contributed by atoms with van der Waals surface area (Å²) >= 11 is 0. The second-order valence-corrected chi connectivity index (χ2v) is 3.13. The Morgan fingerprint density at radius 1 is 0.941 bits per heavy atom. The molecule has 17 heavy (non-hydrogen) atoms. The zero-order valence-electron chi connectivity index (χ0n) is 8.36. The lowest BCUT2D eigenvalue weighted by atomic mass is 10.2. The monoisotopic (exact) mass is 269 g/mol. The molecular formula is C9H8ClF4N3. The smallest absolute Gasteiger partial charge is 0.199 e. The largest absolute Gasteiger partial charge is 0.354 e. The molecule has 8 heteroatoms. The number of hydrogen-bond acceptors (Lipinski definition) is 1. The SMILES string of the molecule is Cl.Fc1cc(N=C2NCCN2)c(F)c(F)c1F. The lowest BCUT2D eigenvalue weighted by molar-refractivity contribution is 0.410. The molecule has 0 bridgehead atoms. The van der Waals surface area contributed by atoms with E-state index in [0.29, 0.717) is 19.2 Å². The van der Waals surface area contributed by atoms with Crippen LogP contribution in [0.2, 0.25) is 0 Å². The maximum absolute atomic E-state index is 13.2. The summed E-state index contributed by atoms with van der Waals surface area (Å²) in [7, 11) is 0. The second kappa shape index (κ2) is 5.22. The van der Waals surface area contributed by atoms with Crippen molar-refractivity contribution in [3.63, 3.8) is 0 Å². The Morgan fingerprint density at radius 2 is 1.53 bits per heavy atom. The molecule has 1 aromatic carbocycles. The number of nitrogens with one attached hydrogen (secondary N) is 2. The number of rotatable bonds is 1. The van der Waals surface area contributed by atoms with Crippen molar-refractivity contribution in [2.45, 2.75) is 0 Å². The molecule has 0 atom stereocenters. The number of guanidine groups is 1. The van der Waals surface area contributed by atoms with Gasteiger partial charge in [-0.1, -0.05) is 0 Å². The molecule has 0 aliphatic carbocycles. The van der Waals surface area contributed by atoms with E-state index in [0.717, 1.165) is 0 Å². The van der Waals surface area contributed by atoms with Gasteiger partial charge in [0.1, 0.15) is 5.69 Å². The highest BCUT2D eigenvalue weighted by Gasteiger charge is 2.19. The molecule has 2 rings (SSSR count). The van der Waals surface area contributed by atoms with E-state index in [1.807, 2.05) is 0 Å². The van der Waals surface area contributed by atoms with Gasteiger partial charge in [-0.2, -0.15) is 0 Å². The number of aliphatic imine (C=N–C) groups is 1. The van der Waals surface area contributed by atoms with Crippen molar-refractivity contribution in [1.82, 2.24) is 10.6 Å². The standard InChI is InChI=1S/C9H7F4N3.ClH/c10-4-3-5(7(12)8(13)6(4)11)16-9-14-1-2-15-9;/h3H,1-2H2,(H2,14,15,16);1H. The molecule has 1 fully saturated rings. The van der Waals surface area contributed by atoms with Gasteiger partial charge < -0.3 is 10.6 Å². The van der Waals surface area contributed by atoms with Crippen molar-refractivity contribution in [3.05, 3.63) is 29.3 Å². The van der Waals surface area contributed by atoms with Crippen LogP contribution in [-0.2, 0) is 0 Å². The molecule has 0 radical (unpaired) electrons. The van der Waals surface area contributed by atoms with Crippen LogP contribution in [0.1, 0.15) is 0 Å². The van der Waals surface area contributed by atoms with Gasteiger partial charge >= 0.3 is 0 Å². The van der Waals surface area contributed by atoms with Crippen molar-refractivity contribution in [1.29, 1.82) is 0 Å². The Morgan fingerprint density at radius 3 is 2.12 bits per heavy atom. The first-order valence-corrected chi connectivity index (χ1v) is 4.49. The van der Waals surface area contributed by atoms with Crippen LogP contribution in [0.3, 0.4) is 0 Å². The van der Waals surface area contributed by atoms with Gasteiger partial charge in [0.15, 0.2) is 29.2 Å². The van der Waals surface area contributed by atoms with Crippen LogP contribution in [0, 0.1) is 23.3 Å². The predicted octanol–water partition coefficient (Wildman–Crippen LogP) is 1.85. The minimum Gasteiger partial charge on any atom is -0.354 e. The first-order chi connectivity index (χ1) is 7.59. The fraction of sp³-hybridized carbons (Fsp3) is 0.222. The third kappa shape index (κ3) is 2.60. The fourth-order valence-electron chi connectivity index (χ4n) is 1.27. The summed E-state index contributed by atoms with van der Waals surface area (Å²) in [5.41, 5.74) is -0.590. The molecule has 0 saturated carbocycles. The molecule has 1 saturated heterocycles. The third-order valence-electron chi connectivity index (χ3n) is 2.03. The van der Waals surface area contributed by atoms with Gasteiger partial charge in [0.2, 0.25) is 0 Å². The van der Waals surface area contributed by atoms with Crippen LogP contribution in [0.4, 0.5) is 23.2 Å². The highest BCUT2D eigenvalue weighted by molar-refractivity contribution is 5.85. The van der Waals surface area contributed by atoms with E-state index in [4.69, 9.17) is 0 Å². The van der Waals surface area contributed by atoms with Crippen LogP contribution in [0.15, 0.2) is 11.1 Å². The highest BCUT2D eigenvalue weighted by atomic mass is 35.5. The normalized spacial score (nSPS) is 13.8. The van der Waals surface area contributed by atoms with Crippen molar-refractivity contribution >= 4 is 24.1 Å². The summed E-state index contributed by atoms with van der Waals surface area (Å²) in [6, 6.07) is 0.502. The van der Waals surface area contributed by atoms with Crippen molar-refractivity contribution < 1.29 is 17.6 Å². The van der Waals surface area contributed by atoms with Crippen LogP contribution in [0.25, 0.3) is 0 Å². The van der Waals surface area contributed by atoms with E-state index in [1.54, 1.807) is 0 Å². The van der Waals surface area contributed by atoms with E-state index in [1.165, 1.54) is 0 Å². The Balaban J connectivity index is 0.00000144. The second-order valence-electron chi connectivity index (χ2n) is 3.13. The summed E-state index contributed by atoms with van der Waals surface area (Å²) in [4.78, 5) is 3.59. The molecule has 94 valence electrons. The first-order valence-electron chi connectivity index (χ1n) is 4.49. The predicted molar refractivity (Wildman–Crippen MR) is 56.6 cm³/mol. The van der Waals surface area contributed by atoms with Crippen molar-refractivity contribution in [2.24, 2.45) is 4.99 Å². The summed E-state index contributed by atoms with van der Waals surface area (Å²) in [5.74, 6) is -6.49. The summed E-state index contributed by atoms with van der Waals surface area (Å²) in [6.45, 7) is 1.15. The zero-order chi connectivity index (χ0) is 11.7. The zero-order valence-corrected chi connectivity index (χ0v) is 9.18. The summed E-state index contributed by atoms with van der Waals surface area (Å²) in [5, 5.41) is 5.44. The third-order valence-corrected chi connectivity index (χ3v) is 2.03. The van der Waals surface area contributed by atoms with E-state index < -0.39 is 29.0 Å². The fourth-order valence-corrected chi connectivity index (χ4v) is 1.27. The van der Waals surface area contributed by atoms with Gasteiger partial charge in [0.25, 0.3) is 0 Å². The van der Waals surface area contributed by atoms with E-state index in [-0.39, 0.29) is 18.4 Å². The molecule has 0 aromatic heterocycles. The molecule has 0 amide bonds. The van der Waals surface area contributed by atoms with Crippen LogP contribution in [0.5, 0.6) is 0 Å². The Kier molecular flexibility index (Phi) is 4.17. The van der Waals surface area contributed by atoms with E-state index in [2.05, 4.69) is 15.6 Å². The number of benzene rings is 1. The summed E-state index contributed by atoms with van der Waals surface area (Å²) < 4.78 is 51.4. The maximum Gasteiger partial charge on any atom is 0.199 e. The number of hydrogen-bond donors (Lipinski definition) is 2. The molecule has 0 spiro atoms. The van der Waals surface area contributed by atoms with Crippen molar-refractivity contribution in [3.8, 4) is 0 Å². The minimum atomic E-state index is -1.86. The van der Waals surface area contributed by atoms with Gasteiger partial charge in [-0.3, -0.25) is 0 Å². The first kappa shape index (κ1) is 13.6. The summed E-state index contributed by atoms with van der Waals surface area (Å²) in [6.07, 6.45) is 0. The van der Waals surface area contributed by atoms with Crippen LogP contribution < -0.4 is 10.6 Å². The van der Waals surface area contributed by atoms with Gasteiger partial charge in [-0.25, -0.2) is 22.6 Å². The highest BCUT2D eigenvalue weighted by Crippen LogP contribution is 2.24. The van der Waals surface area contributed by atoms with Gasteiger partial charge in [0, 0.05) is 19.2 Å². The lowest BCUT2D eigenvalue weighted by Gasteiger charge is -2.03. The number of nitrogens with zero attached hydrogens (tertiary/aromatic N) is 1. The topological polar surface area (TPSA) is 36.4 Å². The van der Waals surface area contributed by atoms with Crippen LogP contribution in [-0.4, -0.2) is 19.0 Å². The maximum atomic E-state index is 13.2. The van der Waals surface area contributed by atoms with Gasteiger partial charge in [-0.15, -0.1) is 12.4 Å². The molecule has 1 heterocycles. The quantitative estimate of drug-likeness (QED) is 0.464. The number of halogens is 5. The van der Waals surface area contributed by atoms with Gasteiger partial charge in [0.05, 0.1) is 0 Å². The van der Waals surface area contributed by atoms with E-state index in [9.17, 15) is 17.6 Å². The molecule has 1 aliphatic rings. The Hall–Kier alpha value is -1.50.